The van der Waals surface area contributed by atoms with E-state index in [4.69, 9.17) is 40.4 Å². The van der Waals surface area contributed by atoms with E-state index in [1.54, 1.807) is 6.07 Å². The summed E-state index contributed by atoms with van der Waals surface area (Å²) in [6.07, 6.45) is 4.11. The zero-order valence-electron chi connectivity index (χ0n) is 18.8. The average molecular weight is 475 g/mol. The number of hydrogen-bond acceptors (Lipinski definition) is 2. The van der Waals surface area contributed by atoms with Crippen molar-refractivity contribution in [2.45, 2.75) is 53.1 Å². The fraction of sp³-hybridized carbons (Fsp3) is 0.360. The molecule has 3 rings (SSSR count). The molecule has 1 heterocycles. The van der Waals surface area contributed by atoms with Gasteiger partial charge in [0.05, 0.1) is 11.6 Å². The molecule has 0 radical (unpaired) electrons. The average Bonchev–Trinajstić information content (AvgIpc) is 2.88. The van der Waals surface area contributed by atoms with Crippen LogP contribution in [0.25, 0.3) is 6.08 Å². The van der Waals surface area contributed by atoms with Crippen LogP contribution in [0.5, 0.6) is 0 Å². The van der Waals surface area contributed by atoms with Gasteiger partial charge in [0, 0.05) is 15.7 Å². The van der Waals surface area contributed by atoms with Crippen molar-refractivity contribution in [2.75, 3.05) is 4.90 Å². The molecule has 1 fully saturated rings. The van der Waals surface area contributed by atoms with Crippen LogP contribution >= 0.6 is 35.4 Å². The Bertz CT molecular complexity index is 1030. The summed E-state index contributed by atoms with van der Waals surface area (Å²) in [5.41, 5.74) is 2.68. The second-order valence-electron chi connectivity index (χ2n) is 9.47. The summed E-state index contributed by atoms with van der Waals surface area (Å²) in [6.45, 7) is 12.9. The van der Waals surface area contributed by atoms with Crippen molar-refractivity contribution in [1.29, 1.82) is 0 Å². The fourth-order valence-corrected chi connectivity index (χ4v) is 4.39. The molecule has 1 saturated heterocycles. The predicted octanol–water partition coefficient (Wildman–Crippen LogP) is 7.30. The van der Waals surface area contributed by atoms with Crippen LogP contribution in [-0.4, -0.2) is 22.5 Å². The van der Waals surface area contributed by atoms with Gasteiger partial charge in [-0.2, -0.15) is 0 Å². The molecule has 0 bridgehead atoms. The van der Waals surface area contributed by atoms with Crippen molar-refractivity contribution >= 4 is 58.1 Å². The maximum atomic E-state index is 6.35. The second kappa shape index (κ2) is 8.93. The number of rotatable bonds is 4. The third-order valence-corrected chi connectivity index (χ3v) is 6.28. The molecule has 0 aromatic heterocycles. The van der Waals surface area contributed by atoms with Gasteiger partial charge < -0.3 is 10.2 Å². The van der Waals surface area contributed by atoms with Gasteiger partial charge in [0.15, 0.2) is 5.11 Å². The van der Waals surface area contributed by atoms with Gasteiger partial charge in [-0.05, 0) is 68.2 Å². The number of halogens is 2. The van der Waals surface area contributed by atoms with Crippen LogP contribution in [-0.2, 0) is 0 Å². The highest BCUT2D eigenvalue weighted by molar-refractivity contribution is 7.80. The molecule has 2 aromatic carbocycles. The molecule has 31 heavy (non-hydrogen) atoms. The summed E-state index contributed by atoms with van der Waals surface area (Å²) in [5.74, 6) is 0.852. The highest BCUT2D eigenvalue weighted by Gasteiger charge is 2.43. The Hall–Kier alpha value is -1.88. The molecule has 1 aliphatic rings. The number of aryl methyl sites for hydroxylation is 1. The third kappa shape index (κ3) is 5.31. The molecule has 1 aliphatic heterocycles. The van der Waals surface area contributed by atoms with Gasteiger partial charge in [-0.1, -0.05) is 79.9 Å². The van der Waals surface area contributed by atoms with Crippen LogP contribution in [0.2, 0.25) is 10.0 Å². The van der Waals surface area contributed by atoms with Crippen LogP contribution < -0.4 is 10.2 Å². The highest BCUT2D eigenvalue weighted by atomic mass is 35.5. The molecule has 0 amide bonds. The summed E-state index contributed by atoms with van der Waals surface area (Å²) in [7, 11) is 0. The number of hydrogen-bond donors (Lipinski definition) is 1. The van der Waals surface area contributed by atoms with Gasteiger partial charge in [0.2, 0.25) is 0 Å². The number of nitrogens with one attached hydrogen (secondary N) is 1. The van der Waals surface area contributed by atoms with E-state index >= 15 is 0 Å². The molecule has 1 N–H and O–H groups in total. The summed E-state index contributed by atoms with van der Waals surface area (Å²) < 4.78 is 0. The number of aliphatic imine (C=N–C) groups is 1. The summed E-state index contributed by atoms with van der Waals surface area (Å²) in [4.78, 5) is 7.25. The molecule has 0 spiro atoms. The monoisotopic (exact) mass is 473 g/mol. The normalized spacial score (nSPS) is 18.6. The first-order valence-electron chi connectivity index (χ1n) is 10.3. The zero-order chi connectivity index (χ0) is 23.0. The molecule has 2 aromatic rings. The minimum Gasteiger partial charge on any atom is -0.319 e. The molecule has 1 atom stereocenters. The van der Waals surface area contributed by atoms with E-state index in [1.165, 1.54) is 5.56 Å². The number of benzene rings is 2. The van der Waals surface area contributed by atoms with Crippen molar-refractivity contribution in [3.05, 3.63) is 69.7 Å². The van der Waals surface area contributed by atoms with Crippen molar-refractivity contribution in [1.82, 2.24) is 5.32 Å². The van der Waals surface area contributed by atoms with Crippen LogP contribution in [0.15, 0.2) is 53.5 Å². The largest absolute Gasteiger partial charge is 0.319 e. The topological polar surface area (TPSA) is 27.6 Å². The zero-order valence-corrected chi connectivity index (χ0v) is 21.2. The summed E-state index contributed by atoms with van der Waals surface area (Å²) in [5, 5.41) is 5.26. The lowest BCUT2D eigenvalue weighted by molar-refractivity contribution is 0.367. The van der Waals surface area contributed by atoms with Crippen molar-refractivity contribution < 1.29 is 0 Å². The molecular weight excluding hydrogens is 445 g/mol. The Morgan fingerprint density at radius 2 is 1.74 bits per heavy atom. The maximum Gasteiger partial charge on any atom is 0.179 e. The summed E-state index contributed by atoms with van der Waals surface area (Å²) in [6, 6.07) is 13.8. The van der Waals surface area contributed by atoms with Gasteiger partial charge in [-0.3, -0.25) is 4.99 Å². The number of thiocarbonyl (C=S) groups is 1. The lowest BCUT2D eigenvalue weighted by Crippen LogP contribution is -2.45. The number of nitrogens with zero attached hydrogens (tertiary/aromatic N) is 2. The van der Waals surface area contributed by atoms with Gasteiger partial charge in [0.1, 0.15) is 5.84 Å². The minimum absolute atomic E-state index is 0.0817. The van der Waals surface area contributed by atoms with Crippen LogP contribution in [0.1, 0.15) is 45.7 Å². The fourth-order valence-electron chi connectivity index (χ4n) is 3.49. The standard InChI is InChI=1S/C25H29Cl2N3S/c1-16-7-12-19(13-8-16)30-23(31)29-22(25(30,5)6)28-21(24(2,3)4)14-10-17-9-11-18(26)15-20(17)27/h7-15,21H,1-6H3,(H,28,29,31)/b14-10+. The maximum absolute atomic E-state index is 6.35. The van der Waals surface area contributed by atoms with Crippen molar-refractivity contribution in [2.24, 2.45) is 10.4 Å². The first-order chi connectivity index (χ1) is 14.4. The Labute approximate surface area is 201 Å². The van der Waals surface area contributed by atoms with E-state index in [0.29, 0.717) is 15.2 Å². The highest BCUT2D eigenvalue weighted by Crippen LogP contribution is 2.32. The lowest BCUT2D eigenvalue weighted by atomic mass is 9.86. The van der Waals surface area contributed by atoms with E-state index in [2.05, 4.69) is 82.1 Å². The second-order valence-corrected chi connectivity index (χ2v) is 10.7. The Morgan fingerprint density at radius 1 is 1.10 bits per heavy atom. The van der Waals surface area contributed by atoms with E-state index in [0.717, 1.165) is 17.1 Å². The minimum atomic E-state index is -0.401. The first-order valence-corrected chi connectivity index (χ1v) is 11.5. The van der Waals surface area contributed by atoms with E-state index in [9.17, 15) is 0 Å². The molecular formula is C25H29Cl2N3S. The Morgan fingerprint density at radius 3 is 2.32 bits per heavy atom. The Balaban J connectivity index is 1.96. The number of anilines is 1. The molecule has 164 valence electrons. The Kier molecular flexibility index (Phi) is 6.85. The van der Waals surface area contributed by atoms with Crippen LogP contribution in [0.3, 0.4) is 0 Å². The quantitative estimate of drug-likeness (QED) is 0.471. The lowest BCUT2D eigenvalue weighted by Gasteiger charge is -2.32. The third-order valence-electron chi connectivity index (χ3n) is 5.44. The molecule has 6 heteroatoms. The molecule has 1 unspecified atom stereocenters. The smallest absolute Gasteiger partial charge is 0.179 e. The van der Waals surface area contributed by atoms with Crippen LogP contribution in [0.4, 0.5) is 5.69 Å². The van der Waals surface area contributed by atoms with E-state index in [1.807, 2.05) is 18.2 Å². The van der Waals surface area contributed by atoms with Gasteiger partial charge >= 0.3 is 0 Å². The summed E-state index contributed by atoms with van der Waals surface area (Å²) >= 11 is 18.1. The van der Waals surface area contributed by atoms with E-state index < -0.39 is 5.54 Å². The predicted molar refractivity (Wildman–Crippen MR) is 140 cm³/mol. The van der Waals surface area contributed by atoms with Crippen LogP contribution in [0, 0.1) is 12.3 Å². The van der Waals surface area contributed by atoms with Crippen molar-refractivity contribution in [3.63, 3.8) is 0 Å². The van der Waals surface area contributed by atoms with E-state index in [-0.39, 0.29) is 11.5 Å². The van der Waals surface area contributed by atoms with Gasteiger partial charge in [-0.25, -0.2) is 0 Å². The van der Waals surface area contributed by atoms with Gasteiger partial charge in [0.25, 0.3) is 0 Å². The number of amidine groups is 1. The first kappa shape index (κ1) is 23.8. The molecule has 0 aliphatic carbocycles. The van der Waals surface area contributed by atoms with Gasteiger partial charge in [-0.15, -0.1) is 0 Å². The van der Waals surface area contributed by atoms with Crippen molar-refractivity contribution in [3.8, 4) is 0 Å². The molecule has 0 saturated carbocycles. The SMILES string of the molecule is Cc1ccc(N2C(=S)NC(=NC(/C=C/c3ccc(Cl)cc3Cl)C(C)(C)C)C2(C)C)cc1. The molecule has 3 nitrogen and oxygen atoms in total.